The van der Waals surface area contributed by atoms with Crippen LogP contribution in [0.1, 0.15) is 42.9 Å². The molecule has 3 nitrogen and oxygen atoms in total. The van der Waals surface area contributed by atoms with Crippen LogP contribution in [-0.4, -0.2) is 24.4 Å². The number of fused-ring (bicyclic) bond motifs is 1. The van der Waals surface area contributed by atoms with Gasteiger partial charge in [0.15, 0.2) is 0 Å². The van der Waals surface area contributed by atoms with Crippen molar-refractivity contribution in [1.82, 2.24) is 0 Å². The Morgan fingerprint density at radius 3 is 2.83 bits per heavy atom. The molecule has 0 bridgehead atoms. The van der Waals surface area contributed by atoms with Gasteiger partial charge in [-0.2, -0.15) is 0 Å². The molecule has 18 heavy (non-hydrogen) atoms. The van der Waals surface area contributed by atoms with Gasteiger partial charge in [-0.3, -0.25) is 0 Å². The third kappa shape index (κ3) is 1.73. The zero-order valence-electron chi connectivity index (χ0n) is 10.8. The number of hydrogen-bond donors (Lipinski definition) is 1. The molecule has 98 valence electrons. The summed E-state index contributed by atoms with van der Waals surface area (Å²) in [4.78, 5) is 0. The van der Waals surface area contributed by atoms with E-state index in [0.717, 1.165) is 50.0 Å². The van der Waals surface area contributed by atoms with E-state index in [9.17, 15) is 5.11 Å². The molecule has 0 spiro atoms. The minimum atomic E-state index is -0.585. The highest BCUT2D eigenvalue weighted by Crippen LogP contribution is 2.46. The molecule has 1 fully saturated rings. The molecule has 0 amide bonds. The number of aliphatic hydroxyl groups is 1. The van der Waals surface area contributed by atoms with Gasteiger partial charge in [0.1, 0.15) is 11.9 Å². The van der Waals surface area contributed by atoms with E-state index in [4.69, 9.17) is 9.47 Å². The number of rotatable bonds is 3. The lowest BCUT2D eigenvalue weighted by molar-refractivity contribution is -0.101. The van der Waals surface area contributed by atoms with Gasteiger partial charge in [0, 0.05) is 19.1 Å². The normalized spacial score (nSPS) is 22.6. The highest BCUT2D eigenvalue weighted by atomic mass is 16.5. The number of methoxy groups -OCH3 is 1. The van der Waals surface area contributed by atoms with Crippen LogP contribution < -0.4 is 4.74 Å². The van der Waals surface area contributed by atoms with E-state index < -0.39 is 11.7 Å². The van der Waals surface area contributed by atoms with E-state index in [1.54, 1.807) is 7.11 Å². The van der Waals surface area contributed by atoms with E-state index in [2.05, 4.69) is 6.07 Å². The van der Waals surface area contributed by atoms with Gasteiger partial charge in [0.2, 0.25) is 0 Å². The number of aliphatic hydroxyl groups excluding tert-OH is 1. The summed E-state index contributed by atoms with van der Waals surface area (Å²) in [5, 5.41) is 10.7. The Hall–Kier alpha value is -1.06. The predicted molar refractivity (Wildman–Crippen MR) is 68.8 cm³/mol. The summed E-state index contributed by atoms with van der Waals surface area (Å²) < 4.78 is 11.4. The molecule has 0 radical (unpaired) electrons. The van der Waals surface area contributed by atoms with Crippen LogP contribution in [0.5, 0.6) is 5.75 Å². The first-order valence-corrected chi connectivity index (χ1v) is 6.75. The molecule has 0 saturated heterocycles. The van der Waals surface area contributed by atoms with Crippen LogP contribution in [0.15, 0.2) is 18.2 Å². The minimum absolute atomic E-state index is 0.416. The van der Waals surface area contributed by atoms with Crippen LogP contribution in [0, 0.1) is 0 Å². The van der Waals surface area contributed by atoms with Crippen molar-refractivity contribution in [2.24, 2.45) is 0 Å². The lowest BCUT2D eigenvalue weighted by Crippen LogP contribution is -2.35. The monoisotopic (exact) mass is 248 g/mol. The van der Waals surface area contributed by atoms with Gasteiger partial charge in [0.05, 0.1) is 12.2 Å². The van der Waals surface area contributed by atoms with Crippen molar-refractivity contribution in [3.05, 3.63) is 29.3 Å². The van der Waals surface area contributed by atoms with Crippen molar-refractivity contribution in [2.45, 2.75) is 43.8 Å². The third-order valence-corrected chi connectivity index (χ3v) is 4.39. The Balaban J connectivity index is 1.97. The molecular formula is C15H20O3. The first-order valence-electron chi connectivity index (χ1n) is 6.75. The Labute approximate surface area is 108 Å². The van der Waals surface area contributed by atoms with Crippen LogP contribution >= 0.6 is 0 Å². The van der Waals surface area contributed by atoms with Gasteiger partial charge in [-0.25, -0.2) is 0 Å². The van der Waals surface area contributed by atoms with Crippen molar-refractivity contribution in [3.8, 4) is 5.75 Å². The molecule has 1 aromatic rings. The summed E-state index contributed by atoms with van der Waals surface area (Å²) in [6, 6.07) is 6.05. The van der Waals surface area contributed by atoms with E-state index in [1.165, 1.54) is 5.56 Å². The minimum Gasteiger partial charge on any atom is -0.493 e. The third-order valence-electron chi connectivity index (χ3n) is 4.39. The topological polar surface area (TPSA) is 38.7 Å². The average molecular weight is 248 g/mol. The summed E-state index contributed by atoms with van der Waals surface area (Å²) >= 11 is 0. The zero-order chi connectivity index (χ0) is 12.6. The van der Waals surface area contributed by atoms with Crippen LogP contribution in [0.4, 0.5) is 0 Å². The second-order valence-electron chi connectivity index (χ2n) is 5.31. The number of ether oxygens (including phenoxy) is 2. The molecule has 3 rings (SSSR count). The van der Waals surface area contributed by atoms with E-state index in [1.807, 2.05) is 12.1 Å². The molecule has 0 aromatic heterocycles. The average Bonchev–Trinajstić information content (AvgIpc) is 3.06. The zero-order valence-corrected chi connectivity index (χ0v) is 10.8. The molecule has 1 unspecified atom stereocenters. The summed E-state index contributed by atoms with van der Waals surface area (Å²) in [5.74, 6) is 0.883. The SMILES string of the molecule is COC1(C(O)c2cccc3c2OCC3)CCCC1. The van der Waals surface area contributed by atoms with E-state index in [-0.39, 0.29) is 0 Å². The molecule has 1 heterocycles. The van der Waals surface area contributed by atoms with E-state index in [0.29, 0.717) is 0 Å². The first kappa shape index (κ1) is 12.0. The fraction of sp³-hybridized carbons (Fsp3) is 0.600. The maximum absolute atomic E-state index is 10.7. The molecule has 1 N–H and O–H groups in total. The highest BCUT2D eigenvalue weighted by Gasteiger charge is 2.43. The van der Waals surface area contributed by atoms with Gasteiger partial charge >= 0.3 is 0 Å². The summed E-state index contributed by atoms with van der Waals surface area (Å²) in [5.41, 5.74) is 1.69. The summed E-state index contributed by atoms with van der Waals surface area (Å²) in [7, 11) is 1.71. The van der Waals surface area contributed by atoms with Crippen LogP contribution in [0.3, 0.4) is 0 Å². The molecule has 1 aliphatic heterocycles. The Morgan fingerprint density at radius 2 is 2.11 bits per heavy atom. The molecule has 2 aliphatic rings. The quantitative estimate of drug-likeness (QED) is 0.893. The second kappa shape index (κ2) is 4.56. The number of para-hydroxylation sites is 1. The smallest absolute Gasteiger partial charge is 0.128 e. The lowest BCUT2D eigenvalue weighted by Gasteiger charge is -2.33. The van der Waals surface area contributed by atoms with Crippen molar-refractivity contribution in [3.63, 3.8) is 0 Å². The fourth-order valence-electron chi connectivity index (χ4n) is 3.30. The molecular weight excluding hydrogens is 228 g/mol. The van der Waals surface area contributed by atoms with Gasteiger partial charge in [-0.1, -0.05) is 31.0 Å². The van der Waals surface area contributed by atoms with Crippen LogP contribution in [0.2, 0.25) is 0 Å². The van der Waals surface area contributed by atoms with Gasteiger partial charge in [-0.05, 0) is 18.4 Å². The number of hydrogen-bond acceptors (Lipinski definition) is 3. The first-order chi connectivity index (χ1) is 8.77. The van der Waals surface area contributed by atoms with Crippen molar-refractivity contribution in [1.29, 1.82) is 0 Å². The van der Waals surface area contributed by atoms with Gasteiger partial charge < -0.3 is 14.6 Å². The summed E-state index contributed by atoms with van der Waals surface area (Å²) in [6.07, 6.45) is 4.46. The molecule has 3 heteroatoms. The fourth-order valence-corrected chi connectivity index (χ4v) is 3.30. The van der Waals surface area contributed by atoms with Crippen molar-refractivity contribution < 1.29 is 14.6 Å². The van der Waals surface area contributed by atoms with Gasteiger partial charge in [0.25, 0.3) is 0 Å². The largest absolute Gasteiger partial charge is 0.493 e. The van der Waals surface area contributed by atoms with Crippen LogP contribution in [0.25, 0.3) is 0 Å². The number of benzene rings is 1. The Bertz CT molecular complexity index is 435. The molecule has 1 atom stereocenters. The molecule has 1 saturated carbocycles. The standard InChI is InChI=1S/C15H20O3/c1-17-15(8-2-3-9-15)14(16)12-6-4-5-11-7-10-18-13(11)12/h4-6,14,16H,2-3,7-10H2,1H3. The molecule has 1 aliphatic carbocycles. The lowest BCUT2D eigenvalue weighted by atomic mass is 9.88. The maximum atomic E-state index is 10.7. The molecule has 1 aromatic carbocycles. The maximum Gasteiger partial charge on any atom is 0.128 e. The second-order valence-corrected chi connectivity index (χ2v) is 5.31. The van der Waals surface area contributed by atoms with E-state index >= 15 is 0 Å². The Kier molecular flexibility index (Phi) is 3.04. The highest BCUT2D eigenvalue weighted by molar-refractivity contribution is 5.46. The van der Waals surface area contributed by atoms with Crippen molar-refractivity contribution >= 4 is 0 Å². The van der Waals surface area contributed by atoms with Crippen LogP contribution in [-0.2, 0) is 11.2 Å². The van der Waals surface area contributed by atoms with Gasteiger partial charge in [-0.15, -0.1) is 0 Å². The Morgan fingerprint density at radius 1 is 1.33 bits per heavy atom. The summed E-state index contributed by atoms with van der Waals surface area (Å²) in [6.45, 7) is 0.721. The van der Waals surface area contributed by atoms with Crippen molar-refractivity contribution in [2.75, 3.05) is 13.7 Å². The predicted octanol–water partition coefficient (Wildman–Crippen LogP) is 2.61.